The summed E-state index contributed by atoms with van der Waals surface area (Å²) in [5.74, 6) is -0.0732. The lowest BCUT2D eigenvalue weighted by Gasteiger charge is -2.27. The monoisotopic (exact) mass is 574 g/mol. The van der Waals surface area contributed by atoms with Crippen LogP contribution in [0.4, 0.5) is 4.39 Å². The SMILES string of the molecule is COc1ccc(CN2C(=O)c3c(c(Br)cc4c3c(Cl)cc(=O)n4C)C2c2cc(F)ccc2Cl)cc1. The number of pyridine rings is 1. The van der Waals surface area contributed by atoms with Crippen LogP contribution in [0.3, 0.4) is 0 Å². The van der Waals surface area contributed by atoms with Crippen molar-refractivity contribution in [1.82, 2.24) is 9.47 Å². The third-order valence-corrected chi connectivity index (χ3v) is 7.60. The number of halogens is 4. The van der Waals surface area contributed by atoms with Gasteiger partial charge < -0.3 is 14.2 Å². The second kappa shape index (κ2) is 8.97. The van der Waals surface area contributed by atoms with Gasteiger partial charge in [-0.2, -0.15) is 0 Å². The predicted molar refractivity (Wildman–Crippen MR) is 138 cm³/mol. The zero-order valence-electron chi connectivity index (χ0n) is 18.6. The van der Waals surface area contributed by atoms with E-state index in [2.05, 4.69) is 15.9 Å². The summed E-state index contributed by atoms with van der Waals surface area (Å²) < 4.78 is 21.7. The van der Waals surface area contributed by atoms with Crippen molar-refractivity contribution in [2.75, 3.05) is 7.11 Å². The molecule has 35 heavy (non-hydrogen) atoms. The number of nitrogens with zero attached hydrogens (tertiary/aromatic N) is 2. The highest BCUT2D eigenvalue weighted by atomic mass is 79.9. The molecule has 0 radical (unpaired) electrons. The first-order valence-corrected chi connectivity index (χ1v) is 12.2. The number of methoxy groups -OCH3 is 1. The molecule has 1 aromatic heterocycles. The van der Waals surface area contributed by atoms with E-state index in [0.717, 1.165) is 5.56 Å². The van der Waals surface area contributed by atoms with Gasteiger partial charge in [0, 0.05) is 45.7 Å². The Kier molecular flexibility index (Phi) is 6.11. The van der Waals surface area contributed by atoms with Crippen molar-refractivity contribution in [3.05, 3.63) is 108 Å². The number of ether oxygens (including phenoxy) is 1. The van der Waals surface area contributed by atoms with Gasteiger partial charge in [-0.25, -0.2) is 4.39 Å². The molecule has 3 aromatic carbocycles. The summed E-state index contributed by atoms with van der Waals surface area (Å²) in [6.45, 7) is 0.229. The van der Waals surface area contributed by atoms with Crippen molar-refractivity contribution in [1.29, 1.82) is 0 Å². The topological polar surface area (TPSA) is 51.5 Å². The minimum absolute atomic E-state index is 0.176. The standard InChI is InChI=1S/C26H18BrCl2FN2O3/c1-31-20-10-17(27)22-24(23(20)19(29)11-21(31)33)26(34)32(12-13-3-6-15(35-2)7-4-13)25(22)16-9-14(30)5-8-18(16)28/h3-11,25H,12H2,1-2H3. The van der Waals surface area contributed by atoms with Crippen molar-refractivity contribution in [2.24, 2.45) is 7.05 Å². The lowest BCUT2D eigenvalue weighted by atomic mass is 9.95. The third kappa shape index (κ3) is 3.92. The van der Waals surface area contributed by atoms with Crippen LogP contribution in [0.1, 0.15) is 33.1 Å². The van der Waals surface area contributed by atoms with Crippen LogP contribution >= 0.6 is 39.1 Å². The van der Waals surface area contributed by atoms with Crippen LogP contribution in [0.25, 0.3) is 10.9 Å². The van der Waals surface area contributed by atoms with Gasteiger partial charge in [-0.15, -0.1) is 0 Å². The maximum absolute atomic E-state index is 14.4. The van der Waals surface area contributed by atoms with Gasteiger partial charge in [-0.1, -0.05) is 51.3 Å². The molecule has 0 N–H and O–H groups in total. The normalized spacial score (nSPS) is 15.1. The molecule has 0 saturated heterocycles. The van der Waals surface area contributed by atoms with Crippen molar-refractivity contribution in [3.63, 3.8) is 0 Å². The van der Waals surface area contributed by atoms with Crippen molar-refractivity contribution < 1.29 is 13.9 Å². The summed E-state index contributed by atoms with van der Waals surface area (Å²) in [7, 11) is 3.20. The maximum Gasteiger partial charge on any atom is 0.256 e. The molecule has 9 heteroatoms. The smallest absolute Gasteiger partial charge is 0.256 e. The second-order valence-corrected chi connectivity index (χ2v) is 9.95. The number of hydrogen-bond donors (Lipinski definition) is 0. The van der Waals surface area contributed by atoms with Crippen LogP contribution in [0.5, 0.6) is 5.75 Å². The Morgan fingerprint density at radius 2 is 1.74 bits per heavy atom. The average molecular weight is 576 g/mol. The molecule has 1 atom stereocenters. The quantitative estimate of drug-likeness (QED) is 0.279. The van der Waals surface area contributed by atoms with Crippen LogP contribution < -0.4 is 10.3 Å². The summed E-state index contributed by atoms with van der Waals surface area (Å²) in [5.41, 5.74) is 2.49. The number of carbonyl (C=O) groups excluding carboxylic acids is 1. The summed E-state index contributed by atoms with van der Waals surface area (Å²) >= 11 is 16.7. The van der Waals surface area contributed by atoms with E-state index in [0.29, 0.717) is 42.8 Å². The Labute approximate surface area is 218 Å². The highest BCUT2D eigenvalue weighted by Crippen LogP contribution is 2.48. The van der Waals surface area contributed by atoms with Gasteiger partial charge in [-0.05, 0) is 42.0 Å². The first kappa shape index (κ1) is 23.9. The number of amides is 1. The van der Waals surface area contributed by atoms with E-state index in [4.69, 9.17) is 27.9 Å². The molecule has 4 aromatic rings. The number of rotatable bonds is 4. The van der Waals surface area contributed by atoms with Gasteiger partial charge in [0.05, 0.1) is 29.3 Å². The summed E-state index contributed by atoms with van der Waals surface area (Å²) in [6, 6.07) is 13.8. The molecule has 1 aliphatic rings. The van der Waals surface area contributed by atoms with Gasteiger partial charge >= 0.3 is 0 Å². The Morgan fingerprint density at radius 3 is 2.43 bits per heavy atom. The average Bonchev–Trinajstić information content (AvgIpc) is 3.12. The highest BCUT2D eigenvalue weighted by molar-refractivity contribution is 9.10. The van der Waals surface area contributed by atoms with Crippen LogP contribution in [0.2, 0.25) is 10.0 Å². The van der Waals surface area contributed by atoms with Gasteiger partial charge in [0.2, 0.25) is 0 Å². The molecule has 178 valence electrons. The minimum atomic E-state index is -0.685. The predicted octanol–water partition coefficient (Wildman–Crippen LogP) is 6.50. The third-order valence-electron chi connectivity index (χ3n) is 6.30. The minimum Gasteiger partial charge on any atom is -0.497 e. The zero-order chi connectivity index (χ0) is 25.0. The summed E-state index contributed by atoms with van der Waals surface area (Å²) in [5, 5.41) is 0.970. The first-order valence-electron chi connectivity index (χ1n) is 10.6. The van der Waals surface area contributed by atoms with Crippen LogP contribution in [0.15, 0.2) is 63.9 Å². The Bertz CT molecular complexity index is 1570. The van der Waals surface area contributed by atoms with Crippen LogP contribution in [0, 0.1) is 5.82 Å². The highest BCUT2D eigenvalue weighted by Gasteiger charge is 2.42. The number of benzene rings is 3. The van der Waals surface area contributed by atoms with E-state index in [1.807, 2.05) is 24.3 Å². The fourth-order valence-electron chi connectivity index (χ4n) is 4.60. The van der Waals surface area contributed by atoms with E-state index >= 15 is 0 Å². The van der Waals surface area contributed by atoms with Gasteiger partial charge in [-0.3, -0.25) is 9.59 Å². The van der Waals surface area contributed by atoms with Crippen molar-refractivity contribution in [2.45, 2.75) is 12.6 Å². The molecule has 0 aliphatic carbocycles. The second-order valence-electron chi connectivity index (χ2n) is 8.28. The van der Waals surface area contributed by atoms with E-state index in [9.17, 15) is 14.0 Å². The lowest BCUT2D eigenvalue weighted by molar-refractivity contribution is 0.0737. The number of aryl methyl sites for hydroxylation is 1. The molecule has 0 saturated carbocycles. The molecule has 0 spiro atoms. The molecule has 0 fully saturated rings. The largest absolute Gasteiger partial charge is 0.497 e. The molecular weight excluding hydrogens is 558 g/mol. The number of fused-ring (bicyclic) bond motifs is 3. The summed E-state index contributed by atoms with van der Waals surface area (Å²) in [6.07, 6.45) is 0. The van der Waals surface area contributed by atoms with E-state index in [1.54, 1.807) is 25.1 Å². The van der Waals surface area contributed by atoms with Crippen molar-refractivity contribution in [3.8, 4) is 5.75 Å². The number of aromatic nitrogens is 1. The Hall–Kier alpha value is -2.87. The van der Waals surface area contributed by atoms with Crippen molar-refractivity contribution >= 4 is 55.9 Å². The molecule has 5 nitrogen and oxygen atoms in total. The lowest BCUT2D eigenvalue weighted by Crippen LogP contribution is -2.28. The number of hydrogen-bond acceptors (Lipinski definition) is 3. The van der Waals surface area contributed by atoms with Crippen LogP contribution in [-0.4, -0.2) is 22.5 Å². The molecule has 2 heterocycles. The van der Waals surface area contributed by atoms with Gasteiger partial charge in [0.15, 0.2) is 0 Å². The van der Waals surface area contributed by atoms with Crippen LogP contribution in [-0.2, 0) is 13.6 Å². The molecular formula is C26H18BrCl2FN2O3. The van der Waals surface area contributed by atoms with E-state index in [1.165, 1.54) is 28.8 Å². The number of carbonyl (C=O) groups is 1. The maximum atomic E-state index is 14.4. The zero-order valence-corrected chi connectivity index (χ0v) is 21.7. The fraction of sp³-hybridized carbons (Fsp3) is 0.154. The van der Waals surface area contributed by atoms with Gasteiger partial charge in [0.25, 0.3) is 11.5 Å². The fourth-order valence-corrected chi connectivity index (χ4v) is 5.74. The van der Waals surface area contributed by atoms with Gasteiger partial charge in [0.1, 0.15) is 11.6 Å². The molecule has 1 amide bonds. The molecule has 5 rings (SSSR count). The summed E-state index contributed by atoms with van der Waals surface area (Å²) in [4.78, 5) is 28.0. The first-order chi connectivity index (χ1) is 16.7. The molecule has 1 aliphatic heterocycles. The Morgan fingerprint density at radius 1 is 1.03 bits per heavy atom. The van der Waals surface area contributed by atoms with E-state index in [-0.39, 0.29) is 23.0 Å². The van der Waals surface area contributed by atoms with E-state index < -0.39 is 11.9 Å². The Balaban J connectivity index is 1.79. The molecule has 0 bridgehead atoms. The molecule has 1 unspecified atom stereocenters.